The van der Waals surface area contributed by atoms with E-state index < -0.39 is 0 Å². The van der Waals surface area contributed by atoms with Gasteiger partial charge in [0.25, 0.3) is 0 Å². The highest BCUT2D eigenvalue weighted by atomic mass is 15.2. The molecule has 0 aromatic carbocycles. The van der Waals surface area contributed by atoms with Gasteiger partial charge in [-0.2, -0.15) is 0 Å². The molecule has 0 aromatic rings. The van der Waals surface area contributed by atoms with Gasteiger partial charge in [-0.3, -0.25) is 4.90 Å². The van der Waals surface area contributed by atoms with Crippen molar-refractivity contribution in [1.29, 1.82) is 0 Å². The molecule has 1 saturated heterocycles. The predicted molar refractivity (Wildman–Crippen MR) is 66.0 cm³/mol. The summed E-state index contributed by atoms with van der Waals surface area (Å²) in [5, 5.41) is 0. The van der Waals surface area contributed by atoms with Gasteiger partial charge in [-0.05, 0) is 39.4 Å². The van der Waals surface area contributed by atoms with E-state index in [1.807, 2.05) is 0 Å². The lowest BCUT2D eigenvalue weighted by molar-refractivity contribution is 0.123. The molecule has 0 spiro atoms. The first kappa shape index (κ1) is 12.9. The van der Waals surface area contributed by atoms with E-state index in [-0.39, 0.29) is 0 Å². The van der Waals surface area contributed by atoms with Crippen LogP contribution >= 0.6 is 0 Å². The van der Waals surface area contributed by atoms with E-state index in [1.54, 1.807) is 0 Å². The first-order valence-corrected chi connectivity index (χ1v) is 6.39. The number of hydrogen-bond acceptors (Lipinski definition) is 3. The molecular formula is C12H27N3. The van der Waals surface area contributed by atoms with Gasteiger partial charge in [0.05, 0.1) is 0 Å². The van der Waals surface area contributed by atoms with Crippen molar-refractivity contribution in [2.24, 2.45) is 5.73 Å². The smallest absolute Gasteiger partial charge is 0.0195 e. The highest BCUT2D eigenvalue weighted by Crippen LogP contribution is 2.12. The number of likely N-dealkylation sites (N-methyl/N-ethyl adjacent to an activating group) is 1. The van der Waals surface area contributed by atoms with Gasteiger partial charge < -0.3 is 10.6 Å². The number of likely N-dealkylation sites (tertiary alicyclic amines) is 1. The van der Waals surface area contributed by atoms with Crippen molar-refractivity contribution in [3.8, 4) is 0 Å². The summed E-state index contributed by atoms with van der Waals surface area (Å²) in [4.78, 5) is 5.04. The molecule has 2 N–H and O–H groups in total. The summed E-state index contributed by atoms with van der Waals surface area (Å²) in [5.41, 5.74) is 6.00. The summed E-state index contributed by atoms with van der Waals surface area (Å²) in [6.45, 7) is 12.6. The predicted octanol–water partition coefficient (Wildman–Crippen LogP) is 1.14. The normalized spacial score (nSPS) is 25.8. The average Bonchev–Trinajstić information content (AvgIpc) is 2.25. The molecule has 0 amide bonds. The van der Waals surface area contributed by atoms with Crippen LogP contribution in [0.3, 0.4) is 0 Å². The fraction of sp³-hybridized carbons (Fsp3) is 1.00. The van der Waals surface area contributed by atoms with E-state index in [9.17, 15) is 0 Å². The quantitative estimate of drug-likeness (QED) is 0.743. The molecule has 3 nitrogen and oxygen atoms in total. The third-order valence-electron chi connectivity index (χ3n) is 3.53. The lowest BCUT2D eigenvalue weighted by atomic mass is 10.0. The van der Waals surface area contributed by atoms with Crippen LogP contribution in [0.2, 0.25) is 0 Å². The molecular weight excluding hydrogens is 186 g/mol. The van der Waals surface area contributed by atoms with E-state index in [4.69, 9.17) is 5.73 Å². The molecule has 2 unspecified atom stereocenters. The Hall–Kier alpha value is -0.120. The second kappa shape index (κ2) is 6.46. The van der Waals surface area contributed by atoms with Crippen LogP contribution in [0, 0.1) is 0 Å². The Balaban J connectivity index is 2.34. The van der Waals surface area contributed by atoms with Crippen LogP contribution in [-0.2, 0) is 0 Å². The highest BCUT2D eigenvalue weighted by molar-refractivity contribution is 4.80. The lowest BCUT2D eigenvalue weighted by Crippen LogP contribution is -2.50. The van der Waals surface area contributed by atoms with Crippen molar-refractivity contribution in [3.05, 3.63) is 0 Å². The van der Waals surface area contributed by atoms with Crippen molar-refractivity contribution in [1.82, 2.24) is 9.80 Å². The Kier molecular flexibility index (Phi) is 5.58. The number of hydrogen-bond donors (Lipinski definition) is 1. The minimum absolute atomic E-state index is 0.401. The Morgan fingerprint density at radius 1 is 1.40 bits per heavy atom. The summed E-state index contributed by atoms with van der Waals surface area (Å²) in [6, 6.07) is 1.05. The van der Waals surface area contributed by atoms with Crippen molar-refractivity contribution in [2.45, 2.75) is 45.7 Å². The van der Waals surface area contributed by atoms with E-state index in [0.29, 0.717) is 12.1 Å². The zero-order valence-electron chi connectivity index (χ0n) is 10.6. The maximum atomic E-state index is 6.00. The van der Waals surface area contributed by atoms with E-state index in [1.165, 1.54) is 25.9 Å². The van der Waals surface area contributed by atoms with Crippen molar-refractivity contribution < 1.29 is 0 Å². The maximum Gasteiger partial charge on any atom is 0.0195 e. The van der Waals surface area contributed by atoms with E-state index in [0.717, 1.165) is 19.6 Å². The third kappa shape index (κ3) is 4.09. The van der Waals surface area contributed by atoms with Gasteiger partial charge in [-0.1, -0.05) is 13.8 Å². The van der Waals surface area contributed by atoms with Crippen LogP contribution in [0.4, 0.5) is 0 Å². The number of nitrogens with two attached hydrogens (primary N) is 1. The Labute approximate surface area is 94.6 Å². The third-order valence-corrected chi connectivity index (χ3v) is 3.53. The second-order valence-electron chi connectivity index (χ2n) is 4.73. The number of rotatable bonds is 5. The first-order valence-electron chi connectivity index (χ1n) is 6.39. The zero-order valence-corrected chi connectivity index (χ0v) is 10.6. The van der Waals surface area contributed by atoms with E-state index in [2.05, 4.69) is 30.6 Å². The zero-order chi connectivity index (χ0) is 11.3. The van der Waals surface area contributed by atoms with Crippen LogP contribution in [0.1, 0.15) is 33.6 Å². The molecule has 1 aliphatic rings. The molecule has 1 rings (SSSR count). The largest absolute Gasteiger partial charge is 0.327 e. The van der Waals surface area contributed by atoms with Gasteiger partial charge in [-0.25, -0.2) is 0 Å². The standard InChI is InChI=1S/C12H27N3/c1-4-14(5-2)9-11(3)15-8-6-7-12(13)10-15/h11-12H,4-10,13H2,1-3H3. The van der Waals surface area contributed by atoms with Gasteiger partial charge >= 0.3 is 0 Å². The van der Waals surface area contributed by atoms with Gasteiger partial charge in [0.2, 0.25) is 0 Å². The molecule has 0 aromatic heterocycles. The van der Waals surface area contributed by atoms with Gasteiger partial charge in [0.15, 0.2) is 0 Å². The average molecular weight is 213 g/mol. The van der Waals surface area contributed by atoms with Gasteiger partial charge in [0, 0.05) is 25.2 Å². The number of piperidine rings is 1. The van der Waals surface area contributed by atoms with Crippen molar-refractivity contribution in [3.63, 3.8) is 0 Å². The summed E-state index contributed by atoms with van der Waals surface area (Å²) in [5.74, 6) is 0. The molecule has 2 atom stereocenters. The fourth-order valence-electron chi connectivity index (χ4n) is 2.41. The summed E-state index contributed by atoms with van der Waals surface area (Å²) >= 11 is 0. The summed E-state index contributed by atoms with van der Waals surface area (Å²) in [6.07, 6.45) is 2.47. The minimum Gasteiger partial charge on any atom is -0.327 e. The Morgan fingerprint density at radius 3 is 2.60 bits per heavy atom. The molecule has 1 heterocycles. The molecule has 15 heavy (non-hydrogen) atoms. The lowest BCUT2D eigenvalue weighted by Gasteiger charge is -2.37. The molecule has 0 aliphatic carbocycles. The summed E-state index contributed by atoms with van der Waals surface area (Å²) in [7, 11) is 0. The minimum atomic E-state index is 0.401. The monoisotopic (exact) mass is 213 g/mol. The van der Waals surface area contributed by atoms with Crippen LogP contribution in [0.5, 0.6) is 0 Å². The van der Waals surface area contributed by atoms with Gasteiger partial charge in [0.1, 0.15) is 0 Å². The Bertz CT molecular complexity index is 168. The second-order valence-corrected chi connectivity index (χ2v) is 4.73. The molecule has 3 heteroatoms. The van der Waals surface area contributed by atoms with Gasteiger partial charge in [-0.15, -0.1) is 0 Å². The van der Waals surface area contributed by atoms with Crippen LogP contribution in [0.25, 0.3) is 0 Å². The van der Waals surface area contributed by atoms with Crippen molar-refractivity contribution >= 4 is 0 Å². The fourth-order valence-corrected chi connectivity index (χ4v) is 2.41. The topological polar surface area (TPSA) is 32.5 Å². The summed E-state index contributed by atoms with van der Waals surface area (Å²) < 4.78 is 0. The van der Waals surface area contributed by atoms with Crippen LogP contribution in [0.15, 0.2) is 0 Å². The first-order chi connectivity index (χ1) is 7.17. The molecule has 0 radical (unpaired) electrons. The molecule has 1 aliphatic heterocycles. The Morgan fingerprint density at radius 2 is 2.07 bits per heavy atom. The van der Waals surface area contributed by atoms with E-state index >= 15 is 0 Å². The highest BCUT2D eigenvalue weighted by Gasteiger charge is 2.21. The van der Waals surface area contributed by atoms with Crippen LogP contribution in [-0.4, -0.2) is 54.6 Å². The van der Waals surface area contributed by atoms with Crippen LogP contribution < -0.4 is 5.73 Å². The number of nitrogens with zero attached hydrogens (tertiary/aromatic N) is 2. The van der Waals surface area contributed by atoms with Crippen molar-refractivity contribution in [2.75, 3.05) is 32.7 Å². The molecule has 0 bridgehead atoms. The maximum absolute atomic E-state index is 6.00. The molecule has 1 fully saturated rings. The molecule has 0 saturated carbocycles. The SMILES string of the molecule is CCN(CC)CC(C)N1CCCC(N)C1. The molecule has 90 valence electrons.